The minimum Gasteiger partial charge on any atom is -0.376 e. The lowest BCUT2D eigenvalue weighted by molar-refractivity contribution is -0.114. The van der Waals surface area contributed by atoms with E-state index in [0.29, 0.717) is 29.4 Å². The van der Waals surface area contributed by atoms with Crippen LogP contribution < -0.4 is 16.0 Å². The average Bonchev–Trinajstić information content (AvgIpc) is 3.30. The van der Waals surface area contributed by atoms with Crippen molar-refractivity contribution in [3.8, 4) is 0 Å². The van der Waals surface area contributed by atoms with E-state index in [-0.39, 0.29) is 24.5 Å². The molecule has 1 aliphatic heterocycles. The number of nitrogens with zero attached hydrogens (tertiary/aromatic N) is 1. The third-order valence-electron chi connectivity index (χ3n) is 4.02. The molecule has 1 aromatic heterocycles. The maximum atomic E-state index is 12.4. The molecule has 0 aliphatic carbocycles. The zero-order valence-electron chi connectivity index (χ0n) is 14.6. The van der Waals surface area contributed by atoms with E-state index in [1.54, 1.807) is 37.3 Å². The van der Waals surface area contributed by atoms with Crippen LogP contribution >= 0.6 is 0 Å². The van der Waals surface area contributed by atoms with Crippen LogP contribution in [0, 0.1) is 6.92 Å². The molecule has 138 valence electrons. The molecule has 2 aromatic rings. The minimum atomic E-state index is -0.284. The lowest BCUT2D eigenvalue weighted by atomic mass is 10.1. The van der Waals surface area contributed by atoms with E-state index in [4.69, 9.17) is 9.26 Å². The fraction of sp³-hybridized carbons (Fsp3) is 0.389. The van der Waals surface area contributed by atoms with Gasteiger partial charge in [0.15, 0.2) is 5.82 Å². The molecule has 0 bridgehead atoms. The summed E-state index contributed by atoms with van der Waals surface area (Å²) in [5, 5.41) is 12.2. The maximum absolute atomic E-state index is 12.4. The van der Waals surface area contributed by atoms with E-state index in [9.17, 15) is 9.59 Å². The topological polar surface area (TPSA) is 105 Å². The number of hydrogen-bond donors (Lipinski definition) is 3. The number of carbonyl (C=O) groups excluding carboxylic acids is 2. The summed E-state index contributed by atoms with van der Waals surface area (Å²) in [4.78, 5) is 24.4. The fourth-order valence-electron chi connectivity index (χ4n) is 2.73. The zero-order chi connectivity index (χ0) is 18.4. The number of aryl methyl sites for hydroxylation is 1. The fourth-order valence-corrected chi connectivity index (χ4v) is 2.73. The van der Waals surface area contributed by atoms with E-state index in [0.717, 1.165) is 19.4 Å². The Kier molecular flexibility index (Phi) is 5.85. The van der Waals surface area contributed by atoms with Gasteiger partial charge in [-0.2, -0.15) is 0 Å². The number of ether oxygens (including phenoxy) is 1. The van der Waals surface area contributed by atoms with Crippen LogP contribution in [-0.4, -0.2) is 42.8 Å². The van der Waals surface area contributed by atoms with Crippen LogP contribution in [0.5, 0.6) is 0 Å². The van der Waals surface area contributed by atoms with Gasteiger partial charge in [0.25, 0.3) is 5.91 Å². The summed E-state index contributed by atoms with van der Waals surface area (Å²) >= 11 is 0. The Morgan fingerprint density at radius 3 is 2.88 bits per heavy atom. The summed E-state index contributed by atoms with van der Waals surface area (Å²) in [6.45, 7) is 2.98. The molecule has 1 saturated heterocycles. The summed E-state index contributed by atoms with van der Waals surface area (Å²) in [6.07, 6.45) is 2.07. The van der Waals surface area contributed by atoms with Crippen molar-refractivity contribution in [2.75, 3.05) is 30.3 Å². The third-order valence-corrected chi connectivity index (χ3v) is 4.02. The van der Waals surface area contributed by atoms with Crippen molar-refractivity contribution in [3.63, 3.8) is 0 Å². The molecular formula is C18H22N4O4. The van der Waals surface area contributed by atoms with Crippen LogP contribution in [0.1, 0.15) is 29.0 Å². The quantitative estimate of drug-likeness (QED) is 0.698. The van der Waals surface area contributed by atoms with Gasteiger partial charge < -0.3 is 25.2 Å². The number of anilines is 2. The first-order chi connectivity index (χ1) is 12.6. The van der Waals surface area contributed by atoms with E-state index in [1.165, 1.54) is 0 Å². The highest BCUT2D eigenvalue weighted by Gasteiger charge is 2.18. The minimum absolute atomic E-state index is 0.00192. The molecule has 3 rings (SSSR count). The van der Waals surface area contributed by atoms with Crippen molar-refractivity contribution in [2.45, 2.75) is 25.9 Å². The van der Waals surface area contributed by atoms with E-state index in [2.05, 4.69) is 21.1 Å². The van der Waals surface area contributed by atoms with Gasteiger partial charge in [0.05, 0.1) is 18.2 Å². The van der Waals surface area contributed by atoms with E-state index in [1.807, 2.05) is 0 Å². The monoisotopic (exact) mass is 358 g/mol. The first-order valence-corrected chi connectivity index (χ1v) is 8.57. The Labute approximate surface area is 151 Å². The maximum Gasteiger partial charge on any atom is 0.253 e. The van der Waals surface area contributed by atoms with E-state index < -0.39 is 0 Å². The summed E-state index contributed by atoms with van der Waals surface area (Å²) in [5.41, 5.74) is 1.07. The Bertz CT molecular complexity index is 768. The molecule has 0 spiro atoms. The lowest BCUT2D eigenvalue weighted by Gasteiger charge is -2.14. The summed E-state index contributed by atoms with van der Waals surface area (Å²) in [6, 6.07) is 8.69. The number of nitrogens with one attached hydrogen (secondary N) is 3. The molecule has 2 heterocycles. The van der Waals surface area contributed by atoms with Crippen molar-refractivity contribution in [1.82, 2.24) is 10.5 Å². The molecule has 0 saturated carbocycles. The number of para-hydroxylation sites is 1. The molecule has 0 unspecified atom stereocenters. The van der Waals surface area contributed by atoms with Crippen molar-refractivity contribution in [3.05, 3.63) is 41.7 Å². The van der Waals surface area contributed by atoms with Gasteiger partial charge in [-0.25, -0.2) is 0 Å². The SMILES string of the molecule is Cc1cc(NC(=O)CNc2ccccc2C(=O)NC[C@@H]2CCCO2)no1. The van der Waals surface area contributed by atoms with Crippen molar-refractivity contribution < 1.29 is 18.8 Å². The van der Waals surface area contributed by atoms with Crippen molar-refractivity contribution in [2.24, 2.45) is 0 Å². The normalized spacial score (nSPS) is 16.3. The second-order valence-corrected chi connectivity index (χ2v) is 6.12. The first-order valence-electron chi connectivity index (χ1n) is 8.57. The molecule has 26 heavy (non-hydrogen) atoms. The largest absolute Gasteiger partial charge is 0.376 e. The van der Waals surface area contributed by atoms with Gasteiger partial charge in [-0.3, -0.25) is 9.59 Å². The van der Waals surface area contributed by atoms with Crippen LogP contribution in [-0.2, 0) is 9.53 Å². The molecule has 1 atom stereocenters. The number of aromatic nitrogens is 1. The predicted molar refractivity (Wildman–Crippen MR) is 96.1 cm³/mol. The number of amides is 2. The molecule has 0 radical (unpaired) electrons. The molecule has 1 aromatic carbocycles. The van der Waals surface area contributed by atoms with Crippen LogP contribution in [0.2, 0.25) is 0 Å². The summed E-state index contributed by atoms with van der Waals surface area (Å²) in [7, 11) is 0. The highest BCUT2D eigenvalue weighted by Crippen LogP contribution is 2.16. The Morgan fingerprint density at radius 1 is 1.31 bits per heavy atom. The Hall–Kier alpha value is -2.87. The van der Waals surface area contributed by atoms with Gasteiger partial charge in [0.2, 0.25) is 5.91 Å². The third kappa shape index (κ3) is 4.82. The highest BCUT2D eigenvalue weighted by atomic mass is 16.5. The van der Waals surface area contributed by atoms with E-state index >= 15 is 0 Å². The molecule has 1 fully saturated rings. The molecular weight excluding hydrogens is 336 g/mol. The van der Waals surface area contributed by atoms with Crippen LogP contribution in [0.4, 0.5) is 11.5 Å². The first kappa shape index (κ1) is 17.9. The molecule has 3 N–H and O–H groups in total. The number of rotatable bonds is 7. The Morgan fingerprint density at radius 2 is 2.15 bits per heavy atom. The van der Waals surface area contributed by atoms with Crippen LogP contribution in [0.3, 0.4) is 0 Å². The van der Waals surface area contributed by atoms with Crippen molar-refractivity contribution >= 4 is 23.3 Å². The van der Waals surface area contributed by atoms with Crippen LogP contribution in [0.15, 0.2) is 34.9 Å². The highest BCUT2D eigenvalue weighted by molar-refractivity contribution is 6.00. The standard InChI is InChI=1S/C18H22N4O4/c1-12-9-16(22-26-12)21-17(23)11-19-15-7-3-2-6-14(15)18(24)20-10-13-5-4-8-25-13/h2-3,6-7,9,13,19H,4-5,8,10-11H2,1H3,(H,20,24)(H,21,22,23)/t13-/m0/s1. The van der Waals surface area contributed by atoms with Gasteiger partial charge in [-0.05, 0) is 31.9 Å². The predicted octanol–water partition coefficient (Wildman–Crippen LogP) is 1.94. The van der Waals surface area contributed by atoms with Gasteiger partial charge >= 0.3 is 0 Å². The molecule has 2 amide bonds. The smallest absolute Gasteiger partial charge is 0.253 e. The van der Waals surface area contributed by atoms with Gasteiger partial charge in [-0.1, -0.05) is 17.3 Å². The van der Waals surface area contributed by atoms with Crippen LogP contribution in [0.25, 0.3) is 0 Å². The Balaban J connectivity index is 1.54. The molecule has 8 nitrogen and oxygen atoms in total. The molecule has 8 heteroatoms. The summed E-state index contributed by atoms with van der Waals surface area (Å²) < 4.78 is 10.4. The number of carbonyl (C=O) groups is 2. The zero-order valence-corrected chi connectivity index (χ0v) is 14.6. The number of benzene rings is 1. The second-order valence-electron chi connectivity index (χ2n) is 6.12. The number of hydrogen-bond acceptors (Lipinski definition) is 6. The van der Waals surface area contributed by atoms with Gasteiger partial charge in [0, 0.05) is 24.9 Å². The molecule has 1 aliphatic rings. The summed E-state index contributed by atoms with van der Waals surface area (Å²) in [5.74, 6) is 0.488. The second kappa shape index (κ2) is 8.48. The van der Waals surface area contributed by atoms with Gasteiger partial charge in [0.1, 0.15) is 5.76 Å². The lowest BCUT2D eigenvalue weighted by Crippen LogP contribution is -2.32. The average molecular weight is 358 g/mol. The van der Waals surface area contributed by atoms with Crippen molar-refractivity contribution in [1.29, 1.82) is 0 Å². The van der Waals surface area contributed by atoms with Gasteiger partial charge in [-0.15, -0.1) is 0 Å².